The normalized spacial score (nSPS) is 11.7. The maximum absolute atomic E-state index is 12.5. The van der Waals surface area contributed by atoms with Crippen LogP contribution in [0, 0.1) is 6.92 Å². The lowest BCUT2D eigenvalue weighted by Gasteiger charge is -2.17. The number of aryl methyl sites for hydroxylation is 1. The molecule has 0 saturated heterocycles. The summed E-state index contributed by atoms with van der Waals surface area (Å²) in [5.74, 6) is 1.40. The molecule has 0 radical (unpaired) electrons. The van der Waals surface area contributed by atoms with E-state index in [1.54, 1.807) is 0 Å². The van der Waals surface area contributed by atoms with Crippen LogP contribution in [-0.2, 0) is 4.79 Å². The molecule has 0 spiro atoms. The maximum atomic E-state index is 12.5. The van der Waals surface area contributed by atoms with Crippen LogP contribution in [0.3, 0.4) is 0 Å². The highest BCUT2D eigenvalue weighted by Crippen LogP contribution is 2.19. The number of amides is 1. The lowest BCUT2D eigenvalue weighted by molar-refractivity contribution is -0.122. The highest BCUT2D eigenvalue weighted by atomic mass is 16.5. The highest BCUT2D eigenvalue weighted by Gasteiger charge is 2.18. The Kier molecular flexibility index (Phi) is 9.40. The molecule has 0 saturated carbocycles. The Bertz CT molecular complexity index is 712. The summed E-state index contributed by atoms with van der Waals surface area (Å²) in [5.41, 5.74) is 1.85. The van der Waals surface area contributed by atoms with Gasteiger partial charge in [0.15, 0.2) is 6.10 Å². The fourth-order valence-electron chi connectivity index (χ4n) is 2.93. The summed E-state index contributed by atoms with van der Waals surface area (Å²) in [4.78, 5) is 12.5. The van der Waals surface area contributed by atoms with Gasteiger partial charge >= 0.3 is 0 Å². The second-order valence-corrected chi connectivity index (χ2v) is 7.11. The lowest BCUT2D eigenvalue weighted by Crippen LogP contribution is -2.32. The quantitative estimate of drug-likeness (QED) is 0.448. The van der Waals surface area contributed by atoms with Gasteiger partial charge in [-0.25, -0.2) is 0 Å². The van der Waals surface area contributed by atoms with Gasteiger partial charge in [0.1, 0.15) is 11.5 Å². The molecule has 4 heteroatoms. The Labute approximate surface area is 169 Å². The number of ether oxygens (including phenoxy) is 2. The van der Waals surface area contributed by atoms with Crippen molar-refractivity contribution in [3.05, 3.63) is 54.1 Å². The first-order chi connectivity index (χ1) is 13.6. The van der Waals surface area contributed by atoms with Crippen LogP contribution in [0.25, 0.3) is 0 Å². The average Bonchev–Trinajstić information content (AvgIpc) is 2.70. The van der Waals surface area contributed by atoms with Crippen LogP contribution < -0.4 is 14.8 Å². The number of carbonyl (C=O) groups is 1. The van der Waals surface area contributed by atoms with Crippen molar-refractivity contribution in [2.75, 3.05) is 11.9 Å². The molecule has 0 bridgehead atoms. The summed E-state index contributed by atoms with van der Waals surface area (Å²) >= 11 is 0. The number of anilines is 1. The predicted octanol–water partition coefficient (Wildman–Crippen LogP) is 6.14. The predicted molar refractivity (Wildman–Crippen MR) is 115 cm³/mol. The molecule has 28 heavy (non-hydrogen) atoms. The van der Waals surface area contributed by atoms with Crippen molar-refractivity contribution in [1.82, 2.24) is 0 Å². The van der Waals surface area contributed by atoms with Crippen molar-refractivity contribution in [1.29, 1.82) is 0 Å². The SMILES string of the molecule is CCCCCCCOc1ccc(NC(=O)C(CC)Oc2cccc(C)c2)cc1. The first kappa shape index (κ1) is 21.8. The van der Waals surface area contributed by atoms with Crippen LogP contribution in [0.15, 0.2) is 48.5 Å². The van der Waals surface area contributed by atoms with Gasteiger partial charge in [-0.1, -0.05) is 51.7 Å². The van der Waals surface area contributed by atoms with Crippen LogP contribution in [0.2, 0.25) is 0 Å². The van der Waals surface area contributed by atoms with E-state index in [1.807, 2.05) is 62.4 Å². The van der Waals surface area contributed by atoms with Gasteiger partial charge in [0, 0.05) is 5.69 Å². The lowest BCUT2D eigenvalue weighted by atomic mass is 10.2. The number of rotatable bonds is 12. The minimum absolute atomic E-state index is 0.145. The Balaban J connectivity index is 1.80. The van der Waals surface area contributed by atoms with E-state index in [2.05, 4.69) is 12.2 Å². The minimum Gasteiger partial charge on any atom is -0.494 e. The molecular weight excluding hydrogens is 350 g/mol. The molecule has 4 nitrogen and oxygen atoms in total. The van der Waals surface area contributed by atoms with Crippen LogP contribution >= 0.6 is 0 Å². The topological polar surface area (TPSA) is 47.6 Å². The van der Waals surface area contributed by atoms with Crippen LogP contribution in [0.5, 0.6) is 11.5 Å². The fourth-order valence-corrected chi connectivity index (χ4v) is 2.93. The number of benzene rings is 2. The summed E-state index contributed by atoms with van der Waals surface area (Å²) in [6.07, 6.45) is 6.17. The van der Waals surface area contributed by atoms with Gasteiger partial charge in [-0.15, -0.1) is 0 Å². The number of carbonyl (C=O) groups excluding carboxylic acids is 1. The number of hydrogen-bond donors (Lipinski definition) is 1. The third kappa shape index (κ3) is 7.63. The van der Waals surface area contributed by atoms with Crippen molar-refractivity contribution in [2.24, 2.45) is 0 Å². The Morgan fingerprint density at radius 3 is 2.39 bits per heavy atom. The maximum Gasteiger partial charge on any atom is 0.265 e. The average molecular weight is 384 g/mol. The zero-order chi connectivity index (χ0) is 20.2. The molecule has 2 rings (SSSR count). The van der Waals surface area contributed by atoms with Gasteiger partial charge in [0.2, 0.25) is 0 Å². The summed E-state index contributed by atoms with van der Waals surface area (Å²) in [5, 5.41) is 2.93. The van der Waals surface area contributed by atoms with Gasteiger partial charge in [0.05, 0.1) is 6.61 Å². The van der Waals surface area contributed by atoms with Gasteiger partial charge in [-0.2, -0.15) is 0 Å². The van der Waals surface area contributed by atoms with E-state index < -0.39 is 6.10 Å². The minimum atomic E-state index is -0.527. The fraction of sp³-hybridized carbons (Fsp3) is 0.458. The highest BCUT2D eigenvalue weighted by molar-refractivity contribution is 5.94. The second kappa shape index (κ2) is 12.1. The first-order valence-electron chi connectivity index (χ1n) is 10.4. The molecule has 1 N–H and O–H groups in total. The molecule has 0 heterocycles. The van der Waals surface area contributed by atoms with Gasteiger partial charge < -0.3 is 14.8 Å². The molecule has 0 aliphatic rings. The van der Waals surface area contributed by atoms with E-state index in [4.69, 9.17) is 9.47 Å². The smallest absolute Gasteiger partial charge is 0.265 e. The molecule has 0 fully saturated rings. The van der Waals surface area contributed by atoms with Crippen molar-refractivity contribution in [2.45, 2.75) is 65.4 Å². The Morgan fingerprint density at radius 2 is 1.71 bits per heavy atom. The molecule has 1 unspecified atom stereocenters. The summed E-state index contributed by atoms with van der Waals surface area (Å²) < 4.78 is 11.6. The van der Waals surface area contributed by atoms with E-state index in [9.17, 15) is 4.79 Å². The number of unbranched alkanes of at least 4 members (excludes halogenated alkanes) is 4. The molecule has 0 aliphatic carbocycles. The van der Waals surface area contributed by atoms with Gasteiger partial charge in [-0.05, 0) is 61.7 Å². The number of nitrogens with one attached hydrogen (secondary N) is 1. The molecule has 1 amide bonds. The van der Waals surface area contributed by atoms with Crippen molar-refractivity contribution < 1.29 is 14.3 Å². The molecule has 0 aliphatic heterocycles. The monoisotopic (exact) mass is 383 g/mol. The molecule has 0 aromatic heterocycles. The standard InChI is InChI=1S/C24H33NO3/c1-4-6-7-8-9-17-27-21-15-13-20(14-16-21)25-24(26)23(5-2)28-22-12-10-11-19(3)18-22/h10-16,18,23H,4-9,17H2,1-3H3,(H,25,26). The summed E-state index contributed by atoms with van der Waals surface area (Å²) in [6, 6.07) is 15.3. The zero-order valence-corrected chi connectivity index (χ0v) is 17.4. The van der Waals surface area contributed by atoms with E-state index >= 15 is 0 Å². The van der Waals surface area contributed by atoms with E-state index in [-0.39, 0.29) is 5.91 Å². The van der Waals surface area contributed by atoms with E-state index in [0.29, 0.717) is 12.2 Å². The van der Waals surface area contributed by atoms with Crippen molar-refractivity contribution in [3.63, 3.8) is 0 Å². The Morgan fingerprint density at radius 1 is 0.964 bits per heavy atom. The summed E-state index contributed by atoms with van der Waals surface area (Å²) in [6.45, 7) is 6.89. The van der Waals surface area contributed by atoms with Crippen molar-refractivity contribution >= 4 is 11.6 Å². The van der Waals surface area contributed by atoms with E-state index in [1.165, 1.54) is 25.7 Å². The molecule has 2 aromatic rings. The Hall–Kier alpha value is -2.49. The second-order valence-electron chi connectivity index (χ2n) is 7.11. The molecule has 2 aromatic carbocycles. The third-order valence-corrected chi connectivity index (χ3v) is 4.57. The molecule has 152 valence electrons. The third-order valence-electron chi connectivity index (χ3n) is 4.57. The zero-order valence-electron chi connectivity index (χ0n) is 17.4. The van der Waals surface area contributed by atoms with Crippen LogP contribution in [0.4, 0.5) is 5.69 Å². The molecule has 1 atom stereocenters. The first-order valence-corrected chi connectivity index (χ1v) is 10.4. The number of hydrogen-bond acceptors (Lipinski definition) is 3. The van der Waals surface area contributed by atoms with E-state index in [0.717, 1.165) is 30.0 Å². The molecular formula is C24H33NO3. The van der Waals surface area contributed by atoms with Gasteiger partial charge in [-0.3, -0.25) is 4.79 Å². The summed E-state index contributed by atoms with van der Waals surface area (Å²) in [7, 11) is 0. The van der Waals surface area contributed by atoms with Crippen LogP contribution in [-0.4, -0.2) is 18.6 Å². The largest absolute Gasteiger partial charge is 0.494 e. The van der Waals surface area contributed by atoms with Crippen LogP contribution in [0.1, 0.15) is 57.9 Å². The van der Waals surface area contributed by atoms with Gasteiger partial charge in [0.25, 0.3) is 5.91 Å². The van der Waals surface area contributed by atoms with Crippen molar-refractivity contribution in [3.8, 4) is 11.5 Å².